The Morgan fingerprint density at radius 2 is 1.71 bits per heavy atom. The fourth-order valence-corrected chi connectivity index (χ4v) is 5.38. The van der Waals surface area contributed by atoms with Gasteiger partial charge in [-0.25, -0.2) is 0 Å². The summed E-state index contributed by atoms with van der Waals surface area (Å²) < 4.78 is 16.8. The molecule has 7 heteroatoms. The van der Waals surface area contributed by atoms with E-state index in [1.165, 1.54) is 5.56 Å². The van der Waals surface area contributed by atoms with Gasteiger partial charge in [0.1, 0.15) is 0 Å². The number of nitrogens with one attached hydrogen (secondary N) is 1. The van der Waals surface area contributed by atoms with Gasteiger partial charge in [0.2, 0.25) is 0 Å². The first kappa shape index (κ1) is 23.3. The van der Waals surface area contributed by atoms with Gasteiger partial charge in [-0.15, -0.1) is 19.0 Å². The van der Waals surface area contributed by atoms with Gasteiger partial charge in [0, 0.05) is 26.9 Å². The molecule has 0 fully saturated rings. The summed E-state index contributed by atoms with van der Waals surface area (Å²) in [7, 11) is 2.26. The maximum atomic E-state index is 5.76. The van der Waals surface area contributed by atoms with Crippen molar-refractivity contribution in [2.24, 2.45) is 5.73 Å². The Balaban J connectivity index is 0.00000529. The van der Waals surface area contributed by atoms with Crippen LogP contribution in [0.3, 0.4) is 0 Å². The van der Waals surface area contributed by atoms with Crippen LogP contribution in [0.4, 0.5) is 0 Å². The van der Waals surface area contributed by atoms with Crippen LogP contribution in [-0.4, -0.2) is 43.2 Å². The first-order valence-electron chi connectivity index (χ1n) is 7.93. The van der Waals surface area contributed by atoms with E-state index in [0.29, 0.717) is 6.54 Å². The molecule has 0 spiro atoms. The van der Waals surface area contributed by atoms with Crippen LogP contribution in [0.15, 0.2) is 43.0 Å². The topological polar surface area (TPSA) is 65.7 Å². The highest BCUT2D eigenvalue weighted by Crippen LogP contribution is 2.30. The Labute approximate surface area is 153 Å². The molecule has 0 aliphatic rings. The lowest BCUT2D eigenvalue weighted by molar-refractivity contribution is 0.108. The molecular weight excluding hydrogens is 344 g/mol. The standard InChI is InChI=1S/C17H30N2O3Si.ClH/c1-5-17(15-9-7-6-8-10-15)19-14-12-16(11-13-18)23(20-2,21-3)22-4;/h5-10,16-17,19H,1,11-14,18H2,2-4H3;1H. The van der Waals surface area contributed by atoms with Crippen LogP contribution in [0.2, 0.25) is 5.54 Å². The maximum Gasteiger partial charge on any atom is 0.503 e. The van der Waals surface area contributed by atoms with Crippen LogP contribution in [0, 0.1) is 0 Å². The molecular formula is C17H31ClN2O3Si. The lowest BCUT2D eigenvalue weighted by atomic mass is 10.1. The molecule has 0 bridgehead atoms. The third-order valence-electron chi connectivity index (χ3n) is 4.12. The second-order valence-electron chi connectivity index (χ2n) is 5.36. The zero-order valence-electron chi connectivity index (χ0n) is 14.9. The first-order chi connectivity index (χ1) is 11.2. The maximum absolute atomic E-state index is 5.76. The largest absolute Gasteiger partial charge is 0.503 e. The highest BCUT2D eigenvalue weighted by atomic mass is 35.5. The SMILES string of the molecule is C=CC(NCCC(CCN)[Si](OC)(OC)OC)c1ccccc1.Cl. The monoisotopic (exact) mass is 374 g/mol. The lowest BCUT2D eigenvalue weighted by Gasteiger charge is -2.32. The van der Waals surface area contributed by atoms with Crippen molar-refractivity contribution in [1.82, 2.24) is 5.32 Å². The van der Waals surface area contributed by atoms with Gasteiger partial charge in [0.05, 0.1) is 6.04 Å². The van der Waals surface area contributed by atoms with Gasteiger partial charge in [-0.05, 0) is 31.5 Å². The summed E-state index contributed by atoms with van der Waals surface area (Å²) >= 11 is 0. The fourth-order valence-electron chi connectivity index (χ4n) is 2.86. The Hall–Kier alpha value is -0.733. The van der Waals surface area contributed by atoms with E-state index in [2.05, 4.69) is 24.0 Å². The summed E-state index contributed by atoms with van der Waals surface area (Å²) in [4.78, 5) is 0. The molecule has 0 aliphatic heterocycles. The van der Waals surface area contributed by atoms with Gasteiger partial charge in [0.25, 0.3) is 0 Å². The molecule has 138 valence electrons. The Morgan fingerprint density at radius 3 is 2.17 bits per heavy atom. The van der Waals surface area contributed by atoms with Crippen molar-refractivity contribution < 1.29 is 13.3 Å². The molecule has 1 rings (SSSR count). The highest BCUT2D eigenvalue weighted by Gasteiger charge is 2.46. The third-order valence-corrected chi connectivity index (χ3v) is 7.40. The lowest BCUT2D eigenvalue weighted by Crippen LogP contribution is -2.49. The normalized spacial score (nSPS) is 13.8. The predicted octanol–water partition coefficient (Wildman–Crippen LogP) is 2.91. The summed E-state index contributed by atoms with van der Waals surface area (Å²) in [5, 5.41) is 3.52. The van der Waals surface area contributed by atoms with Gasteiger partial charge < -0.3 is 24.3 Å². The van der Waals surface area contributed by atoms with Crippen molar-refractivity contribution in [3.8, 4) is 0 Å². The number of hydrogen-bond acceptors (Lipinski definition) is 5. The molecule has 2 unspecified atom stereocenters. The zero-order chi connectivity index (χ0) is 17.1. The van der Waals surface area contributed by atoms with E-state index in [0.717, 1.165) is 19.4 Å². The minimum absolute atomic E-state index is 0. The minimum Gasteiger partial charge on any atom is -0.377 e. The third kappa shape index (κ3) is 6.29. The molecule has 3 N–H and O–H groups in total. The van der Waals surface area contributed by atoms with Crippen molar-refractivity contribution in [1.29, 1.82) is 0 Å². The number of hydrogen-bond donors (Lipinski definition) is 2. The molecule has 0 radical (unpaired) electrons. The molecule has 2 atom stereocenters. The molecule has 5 nitrogen and oxygen atoms in total. The van der Waals surface area contributed by atoms with E-state index in [4.69, 9.17) is 19.0 Å². The van der Waals surface area contributed by atoms with Crippen LogP contribution < -0.4 is 11.1 Å². The molecule has 0 saturated carbocycles. The van der Waals surface area contributed by atoms with Gasteiger partial charge in [-0.1, -0.05) is 36.4 Å². The zero-order valence-corrected chi connectivity index (χ0v) is 16.7. The minimum atomic E-state index is -2.68. The molecule has 0 heterocycles. The van der Waals surface area contributed by atoms with Crippen molar-refractivity contribution >= 4 is 21.2 Å². The van der Waals surface area contributed by atoms with Crippen LogP contribution in [0.5, 0.6) is 0 Å². The van der Waals surface area contributed by atoms with Gasteiger partial charge in [-0.2, -0.15) is 0 Å². The fraction of sp³-hybridized carbons (Fsp3) is 0.529. The van der Waals surface area contributed by atoms with Crippen LogP contribution in [0.1, 0.15) is 24.4 Å². The summed E-state index contributed by atoms with van der Waals surface area (Å²) in [5.41, 5.74) is 7.13. The Bertz CT molecular complexity index is 438. The van der Waals surface area contributed by atoms with Crippen LogP contribution in [0.25, 0.3) is 0 Å². The van der Waals surface area contributed by atoms with Gasteiger partial charge in [-0.3, -0.25) is 0 Å². The van der Waals surface area contributed by atoms with E-state index >= 15 is 0 Å². The van der Waals surface area contributed by atoms with Crippen molar-refractivity contribution in [3.63, 3.8) is 0 Å². The van der Waals surface area contributed by atoms with Crippen molar-refractivity contribution in [2.75, 3.05) is 34.4 Å². The predicted molar refractivity (Wildman–Crippen MR) is 103 cm³/mol. The van der Waals surface area contributed by atoms with Crippen molar-refractivity contribution in [2.45, 2.75) is 24.4 Å². The molecule has 0 aliphatic carbocycles. The number of rotatable bonds is 12. The molecule has 0 aromatic heterocycles. The van der Waals surface area contributed by atoms with E-state index < -0.39 is 8.80 Å². The Kier molecular flexibility index (Phi) is 12.2. The summed E-state index contributed by atoms with van der Waals surface area (Å²) in [6, 6.07) is 10.4. The van der Waals surface area contributed by atoms with Crippen LogP contribution in [-0.2, 0) is 13.3 Å². The highest BCUT2D eigenvalue weighted by molar-refractivity contribution is 6.62. The number of nitrogens with two attached hydrogens (primary N) is 1. The summed E-state index contributed by atoms with van der Waals surface area (Å²) in [6.45, 7) is 5.31. The van der Waals surface area contributed by atoms with E-state index in [1.54, 1.807) is 21.3 Å². The number of halogens is 1. The van der Waals surface area contributed by atoms with Gasteiger partial charge in [0.15, 0.2) is 0 Å². The second kappa shape index (κ2) is 12.6. The van der Waals surface area contributed by atoms with Gasteiger partial charge >= 0.3 is 8.80 Å². The summed E-state index contributed by atoms with van der Waals surface area (Å²) in [6.07, 6.45) is 3.60. The molecule has 0 amide bonds. The van der Waals surface area contributed by atoms with E-state index in [1.807, 2.05) is 24.3 Å². The number of benzene rings is 1. The summed E-state index contributed by atoms with van der Waals surface area (Å²) in [5.74, 6) is 0. The average molecular weight is 375 g/mol. The first-order valence-corrected chi connectivity index (χ1v) is 9.74. The quantitative estimate of drug-likeness (QED) is 0.435. The molecule has 0 saturated heterocycles. The van der Waals surface area contributed by atoms with E-state index in [9.17, 15) is 0 Å². The second-order valence-corrected chi connectivity index (χ2v) is 8.61. The van der Waals surface area contributed by atoms with E-state index in [-0.39, 0.29) is 24.0 Å². The average Bonchev–Trinajstić information content (AvgIpc) is 2.61. The Morgan fingerprint density at radius 1 is 1.12 bits per heavy atom. The molecule has 24 heavy (non-hydrogen) atoms. The van der Waals surface area contributed by atoms with Crippen molar-refractivity contribution in [3.05, 3.63) is 48.6 Å². The molecule has 1 aromatic carbocycles. The van der Waals surface area contributed by atoms with Crippen LogP contribution >= 0.6 is 12.4 Å². The molecule has 1 aromatic rings. The smallest absolute Gasteiger partial charge is 0.377 e.